The third kappa shape index (κ3) is 6.21. The standard InChI is InChI=1S/C29H31F3N4O4/c1-40-20-4-5-24-21(15-20)26(19(16-33)17-34-24)25(37)6-7-29(28(38)35-39)8-11-36(12-9-29)10-2-3-18-13-22(30)27(32)23(31)14-18/h4-5,13-15,17,25,37,39H,6-12,16,33H2,1H3,(H,35,38). The van der Waals surface area contributed by atoms with Gasteiger partial charge in [-0.15, -0.1) is 0 Å². The van der Waals surface area contributed by atoms with Gasteiger partial charge in [0.05, 0.1) is 30.7 Å². The second-order valence-electron chi connectivity index (χ2n) is 9.89. The molecule has 1 atom stereocenters. The molecule has 11 heteroatoms. The van der Waals surface area contributed by atoms with E-state index in [0.717, 1.165) is 12.1 Å². The molecule has 2 heterocycles. The van der Waals surface area contributed by atoms with Crippen LogP contribution < -0.4 is 16.0 Å². The number of piperidine rings is 1. The number of hydrogen-bond acceptors (Lipinski definition) is 7. The molecule has 4 rings (SSSR count). The van der Waals surface area contributed by atoms with Gasteiger partial charge in [-0.05, 0) is 67.1 Å². The van der Waals surface area contributed by atoms with Crippen molar-refractivity contribution in [2.45, 2.75) is 38.3 Å². The molecule has 212 valence electrons. The lowest BCUT2D eigenvalue weighted by atomic mass is 9.73. The molecule has 3 aromatic rings. The van der Waals surface area contributed by atoms with Crippen molar-refractivity contribution in [2.24, 2.45) is 11.1 Å². The Morgan fingerprint density at radius 1 is 1.23 bits per heavy atom. The largest absolute Gasteiger partial charge is 0.497 e. The number of amides is 1. The van der Waals surface area contributed by atoms with E-state index in [1.54, 1.807) is 37.0 Å². The highest BCUT2D eigenvalue weighted by Crippen LogP contribution is 2.40. The van der Waals surface area contributed by atoms with Gasteiger partial charge < -0.3 is 15.6 Å². The highest BCUT2D eigenvalue weighted by Gasteiger charge is 2.41. The Morgan fingerprint density at radius 2 is 1.93 bits per heavy atom. The fraction of sp³-hybridized carbons (Fsp3) is 0.379. The van der Waals surface area contributed by atoms with Gasteiger partial charge in [0.15, 0.2) is 17.5 Å². The molecule has 1 unspecified atom stereocenters. The van der Waals surface area contributed by atoms with E-state index < -0.39 is 34.9 Å². The number of carbonyl (C=O) groups is 1. The zero-order chi connectivity index (χ0) is 28.9. The zero-order valence-corrected chi connectivity index (χ0v) is 22.0. The van der Waals surface area contributed by atoms with E-state index >= 15 is 0 Å². The summed E-state index contributed by atoms with van der Waals surface area (Å²) >= 11 is 0. The first-order valence-corrected chi connectivity index (χ1v) is 12.9. The number of aliphatic hydroxyl groups is 1. The molecular formula is C29H31F3N4O4. The normalized spacial score (nSPS) is 15.8. The number of methoxy groups -OCH3 is 1. The van der Waals surface area contributed by atoms with Crippen molar-refractivity contribution in [3.05, 3.63) is 70.7 Å². The zero-order valence-electron chi connectivity index (χ0n) is 22.0. The predicted molar refractivity (Wildman–Crippen MR) is 142 cm³/mol. The van der Waals surface area contributed by atoms with Gasteiger partial charge in [-0.2, -0.15) is 0 Å². The molecule has 0 saturated carbocycles. The number of nitrogens with two attached hydrogens (primary N) is 1. The third-order valence-corrected chi connectivity index (χ3v) is 7.56. The fourth-order valence-corrected chi connectivity index (χ4v) is 5.20. The number of rotatable bonds is 8. The molecule has 8 nitrogen and oxygen atoms in total. The molecule has 1 amide bonds. The summed E-state index contributed by atoms with van der Waals surface area (Å²) in [6.07, 6.45) is 2.01. The van der Waals surface area contributed by atoms with E-state index in [2.05, 4.69) is 16.8 Å². The maximum Gasteiger partial charge on any atom is 0.249 e. The SMILES string of the molecule is COc1ccc2ncc(CN)c(C(O)CCC3(C(=O)NO)CCN(CC#Cc4cc(F)c(F)c(F)c4)CC3)c2c1. The average molecular weight is 557 g/mol. The van der Waals surface area contributed by atoms with Crippen LogP contribution in [-0.4, -0.2) is 52.8 Å². The number of benzene rings is 2. The van der Waals surface area contributed by atoms with Gasteiger partial charge in [-0.25, -0.2) is 18.7 Å². The summed E-state index contributed by atoms with van der Waals surface area (Å²) < 4.78 is 45.3. The molecule has 0 aliphatic carbocycles. The highest BCUT2D eigenvalue weighted by molar-refractivity contribution is 5.85. The molecule has 2 aromatic carbocycles. The number of hydroxylamine groups is 1. The molecule has 1 aromatic heterocycles. The van der Waals surface area contributed by atoms with Crippen molar-refractivity contribution in [2.75, 3.05) is 26.7 Å². The first-order chi connectivity index (χ1) is 19.2. The molecule has 0 spiro atoms. The van der Waals surface area contributed by atoms with Crippen molar-refractivity contribution >= 4 is 16.8 Å². The lowest BCUT2D eigenvalue weighted by Crippen LogP contribution is -2.48. The Balaban J connectivity index is 1.46. The number of nitrogens with one attached hydrogen (secondary N) is 1. The number of ether oxygens (including phenoxy) is 1. The number of aromatic nitrogens is 1. The Kier molecular flexibility index (Phi) is 9.27. The van der Waals surface area contributed by atoms with Crippen molar-refractivity contribution in [3.8, 4) is 17.6 Å². The van der Waals surface area contributed by atoms with E-state index in [9.17, 15) is 28.3 Å². The maximum absolute atomic E-state index is 13.4. The summed E-state index contributed by atoms with van der Waals surface area (Å²) in [5, 5.41) is 21.5. The van der Waals surface area contributed by atoms with Crippen LogP contribution in [0.1, 0.15) is 48.5 Å². The molecule has 1 saturated heterocycles. The molecule has 5 N–H and O–H groups in total. The van der Waals surface area contributed by atoms with Gasteiger partial charge in [0.1, 0.15) is 5.75 Å². The second-order valence-corrected chi connectivity index (χ2v) is 9.89. The van der Waals surface area contributed by atoms with E-state index in [0.29, 0.717) is 60.1 Å². The summed E-state index contributed by atoms with van der Waals surface area (Å²) in [6.45, 7) is 1.37. The van der Waals surface area contributed by atoms with Gasteiger partial charge in [0.25, 0.3) is 0 Å². The topological polar surface area (TPSA) is 121 Å². The van der Waals surface area contributed by atoms with Crippen LogP contribution in [0.3, 0.4) is 0 Å². The maximum atomic E-state index is 13.4. The molecule has 1 aliphatic rings. The van der Waals surface area contributed by atoms with Crippen LogP contribution in [0.25, 0.3) is 10.9 Å². The van der Waals surface area contributed by atoms with E-state index in [1.807, 2.05) is 4.90 Å². The van der Waals surface area contributed by atoms with Crippen LogP contribution >= 0.6 is 0 Å². The Hall–Kier alpha value is -3.69. The monoisotopic (exact) mass is 556 g/mol. The Bertz CT molecular complexity index is 1420. The molecule has 1 fully saturated rings. The molecular weight excluding hydrogens is 525 g/mol. The van der Waals surface area contributed by atoms with E-state index in [-0.39, 0.29) is 25.1 Å². The Morgan fingerprint density at radius 3 is 2.55 bits per heavy atom. The van der Waals surface area contributed by atoms with Crippen LogP contribution in [0, 0.1) is 34.7 Å². The number of hydrogen-bond donors (Lipinski definition) is 4. The number of carbonyl (C=O) groups excluding carboxylic acids is 1. The van der Waals surface area contributed by atoms with Gasteiger partial charge in [-0.3, -0.25) is 19.9 Å². The molecule has 40 heavy (non-hydrogen) atoms. The van der Waals surface area contributed by atoms with Crippen LogP contribution in [0.5, 0.6) is 5.75 Å². The van der Waals surface area contributed by atoms with Gasteiger partial charge in [0, 0.05) is 36.8 Å². The number of aliphatic hydroxyl groups excluding tert-OH is 1. The minimum absolute atomic E-state index is 0.0227. The lowest BCUT2D eigenvalue weighted by Gasteiger charge is -2.40. The summed E-state index contributed by atoms with van der Waals surface area (Å²) in [6, 6.07) is 7.05. The average Bonchev–Trinajstić information content (AvgIpc) is 2.97. The summed E-state index contributed by atoms with van der Waals surface area (Å²) in [4.78, 5) is 19.2. The summed E-state index contributed by atoms with van der Waals surface area (Å²) in [5.41, 5.74) is 8.82. The number of pyridine rings is 1. The minimum Gasteiger partial charge on any atom is -0.497 e. The highest BCUT2D eigenvalue weighted by atomic mass is 19.2. The summed E-state index contributed by atoms with van der Waals surface area (Å²) in [5.74, 6) is 1.40. The van der Waals surface area contributed by atoms with Gasteiger partial charge >= 0.3 is 0 Å². The van der Waals surface area contributed by atoms with Crippen molar-refractivity contribution in [3.63, 3.8) is 0 Å². The number of halogens is 3. The first-order valence-electron chi connectivity index (χ1n) is 12.9. The van der Waals surface area contributed by atoms with E-state index in [4.69, 9.17) is 10.5 Å². The first kappa shape index (κ1) is 29.3. The van der Waals surface area contributed by atoms with Gasteiger partial charge in [0.2, 0.25) is 5.91 Å². The van der Waals surface area contributed by atoms with E-state index in [1.165, 1.54) is 0 Å². The minimum atomic E-state index is -1.54. The van der Waals surface area contributed by atoms with Crippen molar-refractivity contribution < 1.29 is 33.0 Å². The van der Waals surface area contributed by atoms with Gasteiger partial charge in [-0.1, -0.05) is 11.8 Å². The van der Waals surface area contributed by atoms with Crippen molar-refractivity contribution in [1.29, 1.82) is 0 Å². The second kappa shape index (κ2) is 12.7. The predicted octanol–water partition coefficient (Wildman–Crippen LogP) is 3.57. The molecule has 0 bridgehead atoms. The number of likely N-dealkylation sites (tertiary alicyclic amines) is 1. The lowest BCUT2D eigenvalue weighted by molar-refractivity contribution is -0.143. The van der Waals surface area contributed by atoms with Crippen molar-refractivity contribution in [1.82, 2.24) is 15.4 Å². The fourth-order valence-electron chi connectivity index (χ4n) is 5.20. The smallest absolute Gasteiger partial charge is 0.249 e. The molecule has 1 aliphatic heterocycles. The van der Waals surface area contributed by atoms with Crippen LogP contribution in [0.2, 0.25) is 0 Å². The number of nitrogens with zero attached hydrogens (tertiary/aromatic N) is 2. The third-order valence-electron chi connectivity index (χ3n) is 7.56. The quantitative estimate of drug-likeness (QED) is 0.145. The van der Waals surface area contributed by atoms with Crippen LogP contribution in [0.15, 0.2) is 36.5 Å². The molecule has 0 radical (unpaired) electrons. The Labute approximate surface area is 229 Å². The summed E-state index contributed by atoms with van der Waals surface area (Å²) in [7, 11) is 1.55. The van der Waals surface area contributed by atoms with Crippen LogP contribution in [0.4, 0.5) is 13.2 Å². The number of fused-ring (bicyclic) bond motifs is 1. The van der Waals surface area contributed by atoms with Crippen LogP contribution in [-0.2, 0) is 11.3 Å².